The highest BCUT2D eigenvalue weighted by atomic mass is 16.5. The van der Waals surface area contributed by atoms with E-state index in [2.05, 4.69) is 59.3 Å². The number of aromatic nitrogens is 1. The van der Waals surface area contributed by atoms with Crippen molar-refractivity contribution in [2.45, 2.75) is 13.5 Å². The zero-order chi connectivity index (χ0) is 20.1. The van der Waals surface area contributed by atoms with Crippen LogP contribution in [0.4, 0.5) is 0 Å². The maximum Gasteiger partial charge on any atom is 0.165 e. The maximum atomic E-state index is 6.09. The van der Waals surface area contributed by atoms with Gasteiger partial charge in [0, 0.05) is 43.2 Å². The molecule has 4 rings (SSSR count). The summed E-state index contributed by atoms with van der Waals surface area (Å²) >= 11 is 0. The molecule has 1 aliphatic heterocycles. The molecule has 0 radical (unpaired) electrons. The fourth-order valence-corrected chi connectivity index (χ4v) is 3.76. The number of pyridine rings is 1. The van der Waals surface area contributed by atoms with Crippen LogP contribution in [0.25, 0.3) is 17.2 Å². The Morgan fingerprint density at radius 1 is 1.14 bits per heavy atom. The van der Waals surface area contributed by atoms with Crippen LogP contribution in [-0.4, -0.2) is 36.7 Å². The third-order valence-electron chi connectivity index (χ3n) is 5.08. The fraction of sp³-hybridized carbons (Fsp3) is 0.240. The van der Waals surface area contributed by atoms with Gasteiger partial charge in [-0.3, -0.25) is 9.88 Å². The van der Waals surface area contributed by atoms with E-state index in [9.17, 15) is 0 Å². The zero-order valence-corrected chi connectivity index (χ0v) is 17.0. The predicted molar refractivity (Wildman–Crippen MR) is 117 cm³/mol. The van der Waals surface area contributed by atoms with Crippen LogP contribution in [0.1, 0.15) is 18.1 Å². The second-order valence-electron chi connectivity index (χ2n) is 7.37. The van der Waals surface area contributed by atoms with Crippen molar-refractivity contribution in [1.29, 1.82) is 0 Å². The molecular weight excluding hydrogens is 360 g/mol. The minimum absolute atomic E-state index is 0.647. The van der Waals surface area contributed by atoms with E-state index in [-0.39, 0.29) is 0 Å². The largest absolute Gasteiger partial charge is 0.493 e. The van der Waals surface area contributed by atoms with E-state index in [1.165, 1.54) is 11.1 Å². The quantitative estimate of drug-likeness (QED) is 0.614. The Morgan fingerprint density at radius 3 is 2.76 bits per heavy atom. The van der Waals surface area contributed by atoms with Crippen LogP contribution < -0.4 is 9.47 Å². The first kappa shape index (κ1) is 19.2. The summed E-state index contributed by atoms with van der Waals surface area (Å²) in [5, 5.41) is 0. The second-order valence-corrected chi connectivity index (χ2v) is 7.37. The number of nitrogens with zero attached hydrogens (tertiary/aromatic N) is 2. The lowest BCUT2D eigenvalue weighted by Crippen LogP contribution is -2.27. The Labute approximate surface area is 172 Å². The Morgan fingerprint density at radius 2 is 2.00 bits per heavy atom. The highest BCUT2D eigenvalue weighted by Crippen LogP contribution is 2.38. The van der Waals surface area contributed by atoms with Gasteiger partial charge in [0.25, 0.3) is 0 Å². The van der Waals surface area contributed by atoms with Crippen LogP contribution >= 0.6 is 0 Å². The average molecular weight is 386 g/mol. The van der Waals surface area contributed by atoms with Gasteiger partial charge in [-0.2, -0.15) is 0 Å². The number of hydrogen-bond acceptors (Lipinski definition) is 4. The third kappa shape index (κ3) is 4.66. The topological polar surface area (TPSA) is 34.6 Å². The van der Waals surface area contributed by atoms with Crippen LogP contribution in [0.2, 0.25) is 0 Å². The van der Waals surface area contributed by atoms with Crippen LogP contribution in [0, 0.1) is 0 Å². The molecule has 2 heterocycles. The summed E-state index contributed by atoms with van der Waals surface area (Å²) in [6, 6.07) is 18.7. The van der Waals surface area contributed by atoms with Crippen molar-refractivity contribution < 1.29 is 9.47 Å². The van der Waals surface area contributed by atoms with Gasteiger partial charge in [-0.1, -0.05) is 48.0 Å². The van der Waals surface area contributed by atoms with E-state index in [4.69, 9.17) is 9.47 Å². The van der Waals surface area contributed by atoms with E-state index in [0.29, 0.717) is 6.61 Å². The van der Waals surface area contributed by atoms with E-state index in [0.717, 1.165) is 47.8 Å². The summed E-state index contributed by atoms with van der Waals surface area (Å²) in [6.45, 7) is 5.43. The van der Waals surface area contributed by atoms with Crippen LogP contribution in [0.15, 0.2) is 72.6 Å². The molecule has 29 heavy (non-hydrogen) atoms. The lowest BCUT2D eigenvalue weighted by molar-refractivity contribution is 0.235. The Bertz CT molecular complexity index is 984. The van der Waals surface area contributed by atoms with E-state index >= 15 is 0 Å². The van der Waals surface area contributed by atoms with Crippen molar-refractivity contribution in [3.63, 3.8) is 0 Å². The first-order valence-electron chi connectivity index (χ1n) is 9.91. The van der Waals surface area contributed by atoms with Crippen LogP contribution in [0.3, 0.4) is 0 Å². The molecule has 0 saturated heterocycles. The van der Waals surface area contributed by atoms with Gasteiger partial charge < -0.3 is 9.47 Å². The lowest BCUT2D eigenvalue weighted by atomic mass is 10.0. The molecule has 148 valence electrons. The third-order valence-corrected chi connectivity index (χ3v) is 5.08. The second kappa shape index (κ2) is 8.93. The van der Waals surface area contributed by atoms with Crippen molar-refractivity contribution in [2.24, 2.45) is 0 Å². The van der Waals surface area contributed by atoms with Gasteiger partial charge in [0.1, 0.15) is 6.61 Å². The highest BCUT2D eigenvalue weighted by molar-refractivity contribution is 5.68. The molecule has 0 spiro atoms. The minimum Gasteiger partial charge on any atom is -0.493 e. The zero-order valence-electron chi connectivity index (χ0n) is 17.0. The van der Waals surface area contributed by atoms with Crippen LogP contribution in [0.5, 0.6) is 11.5 Å². The summed E-state index contributed by atoms with van der Waals surface area (Å²) < 4.78 is 11.7. The number of fused-ring (bicyclic) bond motifs is 1. The molecule has 0 N–H and O–H groups in total. The molecule has 0 fully saturated rings. The van der Waals surface area contributed by atoms with E-state index in [1.807, 2.05) is 24.4 Å². The van der Waals surface area contributed by atoms with Gasteiger partial charge in [-0.05, 0) is 36.2 Å². The number of ether oxygens (including phenoxy) is 2. The molecule has 3 aromatic rings. The molecule has 0 atom stereocenters. The smallest absolute Gasteiger partial charge is 0.165 e. The molecule has 1 aromatic heterocycles. The molecule has 0 amide bonds. The van der Waals surface area contributed by atoms with Crippen molar-refractivity contribution >= 4 is 6.08 Å². The van der Waals surface area contributed by atoms with Crippen LogP contribution in [-0.2, 0) is 6.54 Å². The normalized spacial score (nSPS) is 14.6. The molecule has 2 aromatic carbocycles. The summed E-state index contributed by atoms with van der Waals surface area (Å²) in [7, 11) is 1.70. The number of rotatable bonds is 5. The SMILES string of the molecule is COc1cc(-c2cccnc2)cc2c1OCCN(C/C(C)=C/c1ccccc1)C2. The maximum absolute atomic E-state index is 6.09. The fourth-order valence-electron chi connectivity index (χ4n) is 3.76. The van der Waals surface area contributed by atoms with Gasteiger partial charge in [0.2, 0.25) is 0 Å². The number of hydrogen-bond donors (Lipinski definition) is 0. The van der Waals surface area contributed by atoms with Gasteiger partial charge in [-0.25, -0.2) is 0 Å². The first-order valence-corrected chi connectivity index (χ1v) is 9.91. The molecule has 0 aliphatic carbocycles. The minimum atomic E-state index is 0.647. The molecule has 1 aliphatic rings. The summed E-state index contributed by atoms with van der Waals surface area (Å²) in [5.74, 6) is 1.63. The number of methoxy groups -OCH3 is 1. The van der Waals surface area contributed by atoms with Crippen molar-refractivity contribution in [3.8, 4) is 22.6 Å². The van der Waals surface area contributed by atoms with Crippen molar-refractivity contribution in [3.05, 3.63) is 83.7 Å². The lowest BCUT2D eigenvalue weighted by Gasteiger charge is -2.20. The Kier molecular flexibility index (Phi) is 5.92. The van der Waals surface area contributed by atoms with Gasteiger partial charge in [0.15, 0.2) is 11.5 Å². The Balaban J connectivity index is 1.60. The van der Waals surface area contributed by atoms with Crippen molar-refractivity contribution in [2.75, 3.05) is 26.8 Å². The monoisotopic (exact) mass is 386 g/mol. The molecule has 0 saturated carbocycles. The summed E-state index contributed by atoms with van der Waals surface area (Å²) in [5.41, 5.74) is 5.88. The molecule has 0 bridgehead atoms. The van der Waals surface area contributed by atoms with Gasteiger partial charge in [0.05, 0.1) is 7.11 Å². The van der Waals surface area contributed by atoms with Crippen molar-refractivity contribution in [1.82, 2.24) is 9.88 Å². The highest BCUT2D eigenvalue weighted by Gasteiger charge is 2.20. The Hall–Kier alpha value is -3.11. The molecule has 0 unspecified atom stereocenters. The number of benzene rings is 2. The van der Waals surface area contributed by atoms with Gasteiger partial charge >= 0.3 is 0 Å². The standard InChI is InChI=1S/C25H26N2O2/c1-19(13-20-7-4-3-5-8-20)17-27-11-12-29-25-23(18-27)14-22(15-24(25)28-2)21-9-6-10-26-16-21/h3-10,13-16H,11-12,17-18H2,1-2H3/b19-13+. The molecule has 4 nitrogen and oxygen atoms in total. The molecular formula is C25H26N2O2. The molecule has 4 heteroatoms. The first-order chi connectivity index (χ1) is 14.2. The summed E-state index contributed by atoms with van der Waals surface area (Å²) in [4.78, 5) is 6.68. The van der Waals surface area contributed by atoms with E-state index < -0.39 is 0 Å². The van der Waals surface area contributed by atoms with E-state index in [1.54, 1.807) is 13.3 Å². The average Bonchev–Trinajstić information content (AvgIpc) is 2.96. The summed E-state index contributed by atoms with van der Waals surface area (Å²) in [6.07, 6.45) is 5.92. The van der Waals surface area contributed by atoms with Gasteiger partial charge in [-0.15, -0.1) is 0 Å². The predicted octanol–water partition coefficient (Wildman–Crippen LogP) is 5.06.